The summed E-state index contributed by atoms with van der Waals surface area (Å²) in [7, 11) is 0. The van der Waals surface area contributed by atoms with E-state index in [0.29, 0.717) is 18.2 Å². The highest BCUT2D eigenvalue weighted by atomic mass is 16.5. The molecule has 21 heavy (non-hydrogen) atoms. The molecule has 0 aromatic heterocycles. The number of morpholine rings is 1. The molecule has 3 nitrogen and oxygen atoms in total. The van der Waals surface area contributed by atoms with E-state index in [-0.39, 0.29) is 6.04 Å². The zero-order valence-corrected chi connectivity index (χ0v) is 13.3. The molecule has 0 radical (unpaired) electrons. The number of ether oxygens (including phenoxy) is 1. The molecule has 1 aromatic carbocycles. The van der Waals surface area contributed by atoms with Crippen LogP contribution in [0, 0.1) is 0 Å². The molecule has 2 N–H and O–H groups in total. The first-order chi connectivity index (χ1) is 10.2. The molecule has 0 amide bonds. The van der Waals surface area contributed by atoms with E-state index in [1.165, 1.54) is 24.0 Å². The van der Waals surface area contributed by atoms with Gasteiger partial charge in [-0.15, -0.1) is 0 Å². The standard InChI is InChI=1S/C18H28N2O/c1-3-15-12-21-13(2)11-20(15)17-10-6-8-14-7-4-5-9-16(14)18(17)19/h4-5,7,9,13,15,17-18H,3,6,8,10-12,19H2,1-2H3. The van der Waals surface area contributed by atoms with E-state index in [1.54, 1.807) is 0 Å². The largest absolute Gasteiger partial charge is 0.376 e. The topological polar surface area (TPSA) is 38.5 Å². The van der Waals surface area contributed by atoms with E-state index in [0.717, 1.165) is 26.0 Å². The normalized spacial score (nSPS) is 34.2. The van der Waals surface area contributed by atoms with Gasteiger partial charge in [0, 0.05) is 24.7 Å². The van der Waals surface area contributed by atoms with Gasteiger partial charge in [0.2, 0.25) is 0 Å². The first-order valence-corrected chi connectivity index (χ1v) is 8.41. The van der Waals surface area contributed by atoms with Gasteiger partial charge < -0.3 is 10.5 Å². The zero-order chi connectivity index (χ0) is 14.8. The predicted octanol–water partition coefficient (Wildman–Crippen LogP) is 2.89. The van der Waals surface area contributed by atoms with Crippen LogP contribution < -0.4 is 5.73 Å². The molecule has 1 fully saturated rings. The van der Waals surface area contributed by atoms with Crippen LogP contribution in [0.3, 0.4) is 0 Å². The molecule has 0 saturated carbocycles. The van der Waals surface area contributed by atoms with Crippen LogP contribution in [0.25, 0.3) is 0 Å². The lowest BCUT2D eigenvalue weighted by Gasteiger charge is -2.45. The van der Waals surface area contributed by atoms with Crippen LogP contribution in [0.15, 0.2) is 24.3 Å². The summed E-state index contributed by atoms with van der Waals surface area (Å²) in [6, 6.07) is 9.83. The number of fused-ring (bicyclic) bond motifs is 1. The molecule has 0 bridgehead atoms. The number of aryl methyl sites for hydroxylation is 1. The lowest BCUT2D eigenvalue weighted by molar-refractivity contribution is -0.0774. The van der Waals surface area contributed by atoms with Gasteiger partial charge in [0.1, 0.15) is 0 Å². The average Bonchev–Trinajstić information content (AvgIpc) is 2.67. The van der Waals surface area contributed by atoms with Crippen LogP contribution in [0.1, 0.15) is 50.3 Å². The second-order valence-electron chi connectivity index (χ2n) is 6.59. The van der Waals surface area contributed by atoms with E-state index in [9.17, 15) is 0 Å². The minimum atomic E-state index is 0.128. The summed E-state index contributed by atoms with van der Waals surface area (Å²) >= 11 is 0. The Kier molecular flexibility index (Phi) is 4.63. The van der Waals surface area contributed by atoms with Gasteiger partial charge in [0.05, 0.1) is 12.7 Å². The third-order valence-electron chi connectivity index (χ3n) is 5.18. The van der Waals surface area contributed by atoms with Crippen molar-refractivity contribution in [1.29, 1.82) is 0 Å². The summed E-state index contributed by atoms with van der Waals surface area (Å²) < 4.78 is 5.86. The van der Waals surface area contributed by atoms with E-state index in [2.05, 4.69) is 43.0 Å². The van der Waals surface area contributed by atoms with E-state index < -0.39 is 0 Å². The number of benzene rings is 1. The minimum absolute atomic E-state index is 0.128. The molecule has 4 unspecified atom stereocenters. The lowest BCUT2D eigenvalue weighted by atomic mass is 9.94. The van der Waals surface area contributed by atoms with E-state index >= 15 is 0 Å². The van der Waals surface area contributed by atoms with Gasteiger partial charge in [0.25, 0.3) is 0 Å². The molecule has 2 aliphatic rings. The monoisotopic (exact) mass is 288 g/mol. The Morgan fingerprint density at radius 2 is 2.14 bits per heavy atom. The van der Waals surface area contributed by atoms with Crippen molar-refractivity contribution in [2.45, 2.75) is 63.8 Å². The van der Waals surface area contributed by atoms with Crippen LogP contribution in [-0.4, -0.2) is 36.2 Å². The third-order valence-corrected chi connectivity index (χ3v) is 5.18. The van der Waals surface area contributed by atoms with Crippen molar-refractivity contribution in [2.24, 2.45) is 5.73 Å². The highest BCUT2D eigenvalue weighted by Gasteiger charge is 2.36. The molecular formula is C18H28N2O. The van der Waals surface area contributed by atoms with Gasteiger partial charge in [-0.2, -0.15) is 0 Å². The van der Waals surface area contributed by atoms with Crippen LogP contribution >= 0.6 is 0 Å². The summed E-state index contributed by atoms with van der Waals surface area (Å²) in [4.78, 5) is 2.64. The second kappa shape index (κ2) is 6.47. The maximum atomic E-state index is 6.70. The van der Waals surface area contributed by atoms with Gasteiger partial charge in [-0.3, -0.25) is 4.90 Å². The van der Waals surface area contributed by atoms with Gasteiger partial charge >= 0.3 is 0 Å². The molecule has 116 valence electrons. The first kappa shape index (κ1) is 15.0. The van der Waals surface area contributed by atoms with Crippen LogP contribution in [0.5, 0.6) is 0 Å². The van der Waals surface area contributed by atoms with Gasteiger partial charge in [-0.05, 0) is 43.7 Å². The van der Waals surface area contributed by atoms with Crippen molar-refractivity contribution in [3.8, 4) is 0 Å². The summed E-state index contributed by atoms with van der Waals surface area (Å²) in [5.41, 5.74) is 9.50. The molecule has 1 saturated heterocycles. The smallest absolute Gasteiger partial charge is 0.0674 e. The molecule has 1 heterocycles. The van der Waals surface area contributed by atoms with Crippen molar-refractivity contribution in [1.82, 2.24) is 4.90 Å². The molecule has 3 heteroatoms. The van der Waals surface area contributed by atoms with Crippen molar-refractivity contribution in [3.63, 3.8) is 0 Å². The highest BCUT2D eigenvalue weighted by Crippen LogP contribution is 2.33. The van der Waals surface area contributed by atoms with E-state index in [1.807, 2.05) is 0 Å². The zero-order valence-electron chi connectivity index (χ0n) is 13.3. The maximum absolute atomic E-state index is 6.70. The quantitative estimate of drug-likeness (QED) is 0.850. The predicted molar refractivity (Wildman–Crippen MR) is 86.3 cm³/mol. The molecule has 1 aromatic rings. The third kappa shape index (κ3) is 3.01. The Balaban J connectivity index is 1.87. The fraction of sp³-hybridized carbons (Fsp3) is 0.667. The Hall–Kier alpha value is -0.900. The molecule has 0 spiro atoms. The fourth-order valence-electron chi connectivity index (χ4n) is 3.98. The Morgan fingerprint density at radius 1 is 1.33 bits per heavy atom. The van der Waals surface area contributed by atoms with Gasteiger partial charge in [0.15, 0.2) is 0 Å². The highest BCUT2D eigenvalue weighted by molar-refractivity contribution is 5.32. The first-order valence-electron chi connectivity index (χ1n) is 8.41. The maximum Gasteiger partial charge on any atom is 0.0674 e. The lowest BCUT2D eigenvalue weighted by Crippen LogP contribution is -2.55. The van der Waals surface area contributed by atoms with Crippen LogP contribution in [0.4, 0.5) is 0 Å². The van der Waals surface area contributed by atoms with Crippen molar-refractivity contribution in [2.75, 3.05) is 13.2 Å². The molecule has 1 aliphatic heterocycles. The second-order valence-corrected chi connectivity index (χ2v) is 6.59. The average molecular weight is 288 g/mol. The molecule has 3 rings (SSSR count). The van der Waals surface area contributed by atoms with Crippen LogP contribution in [-0.2, 0) is 11.2 Å². The summed E-state index contributed by atoms with van der Waals surface area (Å²) in [5.74, 6) is 0. The minimum Gasteiger partial charge on any atom is -0.376 e. The Morgan fingerprint density at radius 3 is 2.95 bits per heavy atom. The van der Waals surface area contributed by atoms with Gasteiger partial charge in [-0.1, -0.05) is 31.2 Å². The number of hydrogen-bond acceptors (Lipinski definition) is 3. The summed E-state index contributed by atoms with van der Waals surface area (Å²) in [5, 5.41) is 0. The number of nitrogens with zero attached hydrogens (tertiary/aromatic N) is 1. The number of nitrogens with two attached hydrogens (primary N) is 1. The number of rotatable bonds is 2. The molecular weight excluding hydrogens is 260 g/mol. The summed E-state index contributed by atoms with van der Waals surface area (Å²) in [6.45, 7) is 6.30. The Labute approximate surface area is 128 Å². The van der Waals surface area contributed by atoms with Crippen molar-refractivity contribution in [3.05, 3.63) is 35.4 Å². The number of hydrogen-bond donors (Lipinski definition) is 1. The Bertz CT molecular complexity index is 476. The van der Waals surface area contributed by atoms with Crippen LogP contribution in [0.2, 0.25) is 0 Å². The molecule has 4 atom stereocenters. The SMILES string of the molecule is CCC1COC(C)CN1C1CCCc2ccccc2C1N. The molecule has 1 aliphatic carbocycles. The fourth-order valence-corrected chi connectivity index (χ4v) is 3.98. The summed E-state index contributed by atoms with van der Waals surface area (Å²) in [6.07, 6.45) is 5.05. The van der Waals surface area contributed by atoms with Crippen molar-refractivity contribution < 1.29 is 4.74 Å². The van der Waals surface area contributed by atoms with E-state index in [4.69, 9.17) is 10.5 Å². The van der Waals surface area contributed by atoms with Gasteiger partial charge in [-0.25, -0.2) is 0 Å². The van der Waals surface area contributed by atoms with Crippen molar-refractivity contribution >= 4 is 0 Å².